The maximum atomic E-state index is 12.3. The van der Waals surface area contributed by atoms with E-state index in [0.717, 1.165) is 29.9 Å². The van der Waals surface area contributed by atoms with E-state index in [4.69, 9.17) is 0 Å². The van der Waals surface area contributed by atoms with E-state index in [1.807, 2.05) is 42.5 Å². The second-order valence-corrected chi connectivity index (χ2v) is 6.64. The molecule has 1 N–H and O–H groups in total. The third-order valence-corrected chi connectivity index (χ3v) is 4.05. The van der Waals surface area contributed by atoms with Crippen molar-refractivity contribution in [3.8, 4) is 11.1 Å². The summed E-state index contributed by atoms with van der Waals surface area (Å²) in [4.78, 5) is 12.3. The van der Waals surface area contributed by atoms with Gasteiger partial charge in [-0.1, -0.05) is 69.2 Å². The van der Waals surface area contributed by atoms with Gasteiger partial charge in [0.2, 0.25) is 0 Å². The zero-order valence-electron chi connectivity index (χ0n) is 14.4. The van der Waals surface area contributed by atoms with E-state index in [2.05, 4.69) is 38.2 Å². The number of amides is 1. The van der Waals surface area contributed by atoms with E-state index in [0.29, 0.717) is 0 Å². The quantitative estimate of drug-likeness (QED) is 0.739. The smallest absolute Gasteiger partial charge is 0.251 e. The van der Waals surface area contributed by atoms with Gasteiger partial charge in [0, 0.05) is 11.6 Å². The normalized spacial score (nSPS) is 12.2. The SMILES string of the molecule is CC(C)CCCC(C)NC(=O)c1ccc(-c2ccccc2)cc1. The van der Waals surface area contributed by atoms with Crippen LogP contribution < -0.4 is 5.32 Å². The van der Waals surface area contributed by atoms with E-state index in [-0.39, 0.29) is 11.9 Å². The highest BCUT2D eigenvalue weighted by molar-refractivity contribution is 5.94. The number of rotatable bonds is 7. The molecule has 0 radical (unpaired) electrons. The summed E-state index contributed by atoms with van der Waals surface area (Å²) >= 11 is 0. The largest absolute Gasteiger partial charge is 0.350 e. The Hall–Kier alpha value is -2.09. The van der Waals surface area contributed by atoms with Crippen LogP contribution in [0.15, 0.2) is 54.6 Å². The summed E-state index contributed by atoms with van der Waals surface area (Å²) in [7, 11) is 0. The van der Waals surface area contributed by atoms with Gasteiger partial charge in [0.15, 0.2) is 0 Å². The monoisotopic (exact) mass is 309 g/mol. The highest BCUT2D eigenvalue weighted by Crippen LogP contribution is 2.19. The van der Waals surface area contributed by atoms with Crippen LogP contribution in [0.25, 0.3) is 11.1 Å². The summed E-state index contributed by atoms with van der Waals surface area (Å²) in [6, 6.07) is 18.2. The molecule has 0 heterocycles. The van der Waals surface area contributed by atoms with Crippen molar-refractivity contribution < 1.29 is 4.79 Å². The first kappa shape index (κ1) is 17.3. The molecule has 2 heteroatoms. The zero-order chi connectivity index (χ0) is 16.7. The van der Waals surface area contributed by atoms with Crippen molar-refractivity contribution in [3.63, 3.8) is 0 Å². The van der Waals surface area contributed by atoms with Crippen LogP contribution in [0.4, 0.5) is 0 Å². The van der Waals surface area contributed by atoms with Crippen molar-refractivity contribution in [1.29, 1.82) is 0 Å². The number of benzene rings is 2. The molecule has 2 aromatic carbocycles. The molecule has 2 aromatic rings. The Bertz CT molecular complexity index is 601. The number of hydrogen-bond donors (Lipinski definition) is 1. The molecule has 0 spiro atoms. The first-order valence-electron chi connectivity index (χ1n) is 8.52. The molecule has 0 saturated heterocycles. The van der Waals surface area contributed by atoms with Crippen molar-refractivity contribution in [3.05, 3.63) is 60.2 Å². The summed E-state index contributed by atoms with van der Waals surface area (Å²) in [6.07, 6.45) is 3.41. The molecular formula is C21H27NO. The lowest BCUT2D eigenvalue weighted by atomic mass is 10.0. The molecule has 0 bridgehead atoms. The lowest BCUT2D eigenvalue weighted by Gasteiger charge is -2.14. The molecule has 1 amide bonds. The highest BCUT2D eigenvalue weighted by Gasteiger charge is 2.10. The molecule has 0 aromatic heterocycles. The Morgan fingerprint density at radius 3 is 2.09 bits per heavy atom. The minimum Gasteiger partial charge on any atom is -0.350 e. The standard InChI is InChI=1S/C21H27NO/c1-16(2)8-7-9-17(3)22-21(23)20-14-12-19(13-15-20)18-10-5-4-6-11-18/h4-6,10-17H,7-9H2,1-3H3,(H,22,23). The van der Waals surface area contributed by atoms with Gasteiger partial charge in [-0.2, -0.15) is 0 Å². The van der Waals surface area contributed by atoms with Gasteiger partial charge in [-0.15, -0.1) is 0 Å². The molecule has 2 rings (SSSR count). The van der Waals surface area contributed by atoms with Gasteiger partial charge in [-0.25, -0.2) is 0 Å². The molecule has 0 aliphatic carbocycles. The van der Waals surface area contributed by atoms with Crippen LogP contribution in [0.5, 0.6) is 0 Å². The fourth-order valence-corrected chi connectivity index (χ4v) is 2.66. The molecule has 1 atom stereocenters. The summed E-state index contributed by atoms with van der Waals surface area (Å²) in [5.41, 5.74) is 3.02. The molecule has 2 nitrogen and oxygen atoms in total. The van der Waals surface area contributed by atoms with Crippen LogP contribution in [0.3, 0.4) is 0 Å². The average molecular weight is 309 g/mol. The Kier molecular flexibility index (Phi) is 6.40. The van der Waals surface area contributed by atoms with Gasteiger partial charge in [0.05, 0.1) is 0 Å². The predicted molar refractivity (Wildman–Crippen MR) is 97.5 cm³/mol. The number of hydrogen-bond acceptors (Lipinski definition) is 1. The minimum absolute atomic E-state index is 0.0154. The topological polar surface area (TPSA) is 29.1 Å². The molecule has 1 unspecified atom stereocenters. The number of carbonyl (C=O) groups excluding carboxylic acids is 1. The third-order valence-electron chi connectivity index (χ3n) is 4.05. The first-order chi connectivity index (χ1) is 11.1. The van der Waals surface area contributed by atoms with Crippen molar-refractivity contribution in [1.82, 2.24) is 5.32 Å². The van der Waals surface area contributed by atoms with Crippen LogP contribution in [0.2, 0.25) is 0 Å². The van der Waals surface area contributed by atoms with E-state index in [9.17, 15) is 4.79 Å². The Morgan fingerprint density at radius 1 is 0.870 bits per heavy atom. The molecule has 0 fully saturated rings. The van der Waals surface area contributed by atoms with Gasteiger partial charge in [-0.3, -0.25) is 4.79 Å². The second kappa shape index (κ2) is 8.52. The lowest BCUT2D eigenvalue weighted by Crippen LogP contribution is -2.32. The summed E-state index contributed by atoms with van der Waals surface area (Å²) in [5, 5.41) is 3.09. The number of carbonyl (C=O) groups is 1. The summed E-state index contributed by atoms with van der Waals surface area (Å²) in [6.45, 7) is 6.55. The summed E-state index contributed by atoms with van der Waals surface area (Å²) < 4.78 is 0. The zero-order valence-corrected chi connectivity index (χ0v) is 14.4. The maximum Gasteiger partial charge on any atom is 0.251 e. The lowest BCUT2D eigenvalue weighted by molar-refractivity contribution is 0.0938. The van der Waals surface area contributed by atoms with Gasteiger partial charge < -0.3 is 5.32 Å². The van der Waals surface area contributed by atoms with Crippen LogP contribution in [0, 0.1) is 5.92 Å². The van der Waals surface area contributed by atoms with Gasteiger partial charge in [0.25, 0.3) is 5.91 Å². The second-order valence-electron chi connectivity index (χ2n) is 6.64. The minimum atomic E-state index is 0.0154. The average Bonchev–Trinajstić information content (AvgIpc) is 2.55. The van der Waals surface area contributed by atoms with Crippen LogP contribution in [0.1, 0.15) is 50.4 Å². The molecular weight excluding hydrogens is 282 g/mol. The Labute approximate surface area is 139 Å². The van der Waals surface area contributed by atoms with E-state index in [1.165, 1.54) is 12.0 Å². The van der Waals surface area contributed by atoms with Gasteiger partial charge in [-0.05, 0) is 42.5 Å². The van der Waals surface area contributed by atoms with Gasteiger partial charge in [0.1, 0.15) is 0 Å². The fraction of sp³-hybridized carbons (Fsp3) is 0.381. The maximum absolute atomic E-state index is 12.3. The van der Waals surface area contributed by atoms with Crippen molar-refractivity contribution in [2.24, 2.45) is 5.92 Å². The first-order valence-corrected chi connectivity index (χ1v) is 8.52. The van der Waals surface area contributed by atoms with Crippen LogP contribution in [-0.2, 0) is 0 Å². The van der Waals surface area contributed by atoms with Crippen molar-refractivity contribution in [2.45, 2.75) is 46.1 Å². The summed E-state index contributed by atoms with van der Waals surface area (Å²) in [5.74, 6) is 0.741. The Morgan fingerprint density at radius 2 is 1.48 bits per heavy atom. The Balaban J connectivity index is 1.90. The van der Waals surface area contributed by atoms with Crippen molar-refractivity contribution >= 4 is 5.91 Å². The fourth-order valence-electron chi connectivity index (χ4n) is 2.66. The van der Waals surface area contributed by atoms with E-state index in [1.54, 1.807) is 0 Å². The third kappa shape index (κ3) is 5.55. The predicted octanol–water partition coefficient (Wildman–Crippen LogP) is 5.30. The van der Waals surface area contributed by atoms with E-state index < -0.39 is 0 Å². The molecule has 0 aliphatic rings. The van der Waals surface area contributed by atoms with Gasteiger partial charge >= 0.3 is 0 Å². The van der Waals surface area contributed by atoms with Crippen molar-refractivity contribution in [2.75, 3.05) is 0 Å². The van der Waals surface area contributed by atoms with Crippen LogP contribution >= 0.6 is 0 Å². The molecule has 23 heavy (non-hydrogen) atoms. The molecule has 122 valence electrons. The molecule has 0 aliphatic heterocycles. The highest BCUT2D eigenvalue weighted by atomic mass is 16.1. The van der Waals surface area contributed by atoms with E-state index >= 15 is 0 Å². The van der Waals surface area contributed by atoms with Crippen LogP contribution in [-0.4, -0.2) is 11.9 Å². The molecule has 0 saturated carbocycles. The number of nitrogens with one attached hydrogen (secondary N) is 1.